The third kappa shape index (κ3) is 4.72. The lowest BCUT2D eigenvalue weighted by Gasteiger charge is -2.04. The Morgan fingerprint density at radius 2 is 1.69 bits per heavy atom. The van der Waals surface area contributed by atoms with Crippen molar-refractivity contribution in [3.05, 3.63) is 30.3 Å². The average Bonchev–Trinajstić information content (AvgIpc) is 2.04. The fourth-order valence-electron chi connectivity index (χ4n) is 1.14. The quantitative estimate of drug-likeness (QED) is 0.659. The van der Waals surface area contributed by atoms with Crippen LogP contribution in [-0.4, -0.2) is 15.7 Å². The molecule has 0 bridgehead atoms. The van der Waals surface area contributed by atoms with Gasteiger partial charge in [0, 0.05) is 6.42 Å². The minimum atomic E-state index is -3.98. The van der Waals surface area contributed by atoms with Crippen molar-refractivity contribution in [3.63, 3.8) is 0 Å². The fourth-order valence-corrected chi connectivity index (χ4v) is 2.73. The third-order valence-corrected chi connectivity index (χ3v) is 3.52. The smallest absolute Gasteiger partial charge is 0.171 e. The van der Waals surface area contributed by atoms with E-state index in [1.165, 1.54) is 0 Å². The van der Waals surface area contributed by atoms with E-state index in [1.54, 1.807) is 0 Å². The summed E-state index contributed by atoms with van der Waals surface area (Å²) in [4.78, 5) is 0. The molecule has 0 nitrogen and oxygen atoms in total. The summed E-state index contributed by atoms with van der Waals surface area (Å²) in [5.74, 6) is 0. The van der Waals surface area contributed by atoms with E-state index in [1.807, 2.05) is 30.3 Å². The third-order valence-electron chi connectivity index (χ3n) is 1.77. The van der Waals surface area contributed by atoms with Crippen LogP contribution in [0.5, 0.6) is 0 Å². The van der Waals surface area contributed by atoms with Crippen LogP contribution in [0.25, 0.3) is 0 Å². The highest BCUT2D eigenvalue weighted by atomic mass is 28.2. The molecule has 4 heteroatoms. The lowest BCUT2D eigenvalue weighted by Crippen LogP contribution is -2.16. The number of benzene rings is 1. The molecule has 13 heavy (non-hydrogen) atoms. The Kier molecular flexibility index (Phi) is 3.54. The van der Waals surface area contributed by atoms with Crippen molar-refractivity contribution < 1.29 is 13.2 Å². The Bertz CT molecular complexity index is 243. The number of alkyl halides is 3. The van der Waals surface area contributed by atoms with Gasteiger partial charge in [0.25, 0.3) is 0 Å². The molecule has 0 aromatic heterocycles. The molecule has 0 atom stereocenters. The Hall–Kier alpha value is -0.773. The lowest BCUT2D eigenvalue weighted by atomic mass is 10.4. The van der Waals surface area contributed by atoms with Gasteiger partial charge in [-0.15, -0.1) is 0 Å². The van der Waals surface area contributed by atoms with Crippen LogP contribution >= 0.6 is 0 Å². The Morgan fingerprint density at radius 1 is 1.08 bits per heavy atom. The molecular formula is C9H11F3Si. The number of rotatable bonds is 3. The fraction of sp³-hybridized carbons (Fsp3) is 0.333. The molecule has 0 saturated carbocycles. The van der Waals surface area contributed by atoms with Gasteiger partial charge in [-0.25, -0.2) is 0 Å². The number of hydrogen-bond acceptors (Lipinski definition) is 0. The predicted octanol–water partition coefficient (Wildman–Crippen LogP) is 1.85. The Balaban J connectivity index is 2.29. The summed E-state index contributed by atoms with van der Waals surface area (Å²) >= 11 is 0. The van der Waals surface area contributed by atoms with Gasteiger partial charge in [-0.2, -0.15) is 13.2 Å². The molecule has 0 heterocycles. The summed E-state index contributed by atoms with van der Waals surface area (Å²) in [6.07, 6.45) is -4.62. The lowest BCUT2D eigenvalue weighted by molar-refractivity contribution is -0.130. The van der Waals surface area contributed by atoms with Crippen molar-refractivity contribution in [2.24, 2.45) is 0 Å². The monoisotopic (exact) mass is 204 g/mol. The summed E-state index contributed by atoms with van der Waals surface area (Å²) in [5, 5.41) is 1.10. The normalized spacial score (nSPS) is 12.5. The maximum absolute atomic E-state index is 11.8. The molecule has 0 spiro atoms. The van der Waals surface area contributed by atoms with Crippen molar-refractivity contribution in [3.8, 4) is 0 Å². The molecule has 0 fully saturated rings. The summed E-state index contributed by atoms with van der Waals surface area (Å²) in [6.45, 7) is 0. The summed E-state index contributed by atoms with van der Waals surface area (Å²) in [6, 6.07) is 9.74. The van der Waals surface area contributed by atoms with Crippen LogP contribution in [0, 0.1) is 0 Å². The first-order valence-corrected chi connectivity index (χ1v) is 5.89. The second kappa shape index (κ2) is 4.46. The molecule has 1 aromatic carbocycles. The van der Waals surface area contributed by atoms with E-state index in [9.17, 15) is 13.2 Å². The molecule has 0 aliphatic carbocycles. The zero-order chi connectivity index (χ0) is 9.73. The van der Waals surface area contributed by atoms with Crippen molar-refractivity contribution in [1.29, 1.82) is 0 Å². The van der Waals surface area contributed by atoms with Crippen LogP contribution < -0.4 is 5.19 Å². The van der Waals surface area contributed by atoms with Gasteiger partial charge in [0.15, 0.2) is 0 Å². The molecule has 0 unspecified atom stereocenters. The highest BCUT2D eigenvalue weighted by Crippen LogP contribution is 2.20. The van der Waals surface area contributed by atoms with Gasteiger partial charge in [-0.3, -0.25) is 0 Å². The second-order valence-electron chi connectivity index (χ2n) is 2.95. The van der Waals surface area contributed by atoms with E-state index in [4.69, 9.17) is 0 Å². The molecule has 0 amide bonds. The van der Waals surface area contributed by atoms with E-state index in [0.29, 0.717) is 6.04 Å². The van der Waals surface area contributed by atoms with Gasteiger partial charge in [0.05, 0.1) is 9.52 Å². The van der Waals surface area contributed by atoms with Crippen LogP contribution in [0.15, 0.2) is 30.3 Å². The van der Waals surface area contributed by atoms with Crippen LogP contribution in [0.4, 0.5) is 13.2 Å². The molecule has 0 aliphatic heterocycles. The number of hydrogen-bond donors (Lipinski definition) is 0. The largest absolute Gasteiger partial charge is 0.388 e. The zero-order valence-corrected chi connectivity index (χ0v) is 8.56. The van der Waals surface area contributed by atoms with Crippen LogP contribution in [0.3, 0.4) is 0 Å². The number of halogens is 3. The summed E-state index contributed by atoms with van der Waals surface area (Å²) in [7, 11) is -0.711. The highest BCUT2D eigenvalue weighted by Gasteiger charge is 2.25. The first-order valence-electron chi connectivity index (χ1n) is 4.18. The van der Waals surface area contributed by atoms with Crippen molar-refractivity contribution >= 4 is 14.7 Å². The van der Waals surface area contributed by atoms with Gasteiger partial charge in [-0.1, -0.05) is 41.6 Å². The molecule has 72 valence electrons. The molecule has 0 aliphatic rings. The molecule has 0 radical (unpaired) electrons. The average molecular weight is 204 g/mol. The van der Waals surface area contributed by atoms with E-state index in [0.717, 1.165) is 5.19 Å². The standard InChI is InChI=1S/C9H11F3Si/c10-9(11,12)6-7-13-8-4-2-1-3-5-8/h1-5H,6-7,13H2. The minimum absolute atomic E-state index is 0.313. The van der Waals surface area contributed by atoms with E-state index < -0.39 is 22.1 Å². The van der Waals surface area contributed by atoms with Crippen LogP contribution in [0.1, 0.15) is 6.42 Å². The molecular weight excluding hydrogens is 193 g/mol. The topological polar surface area (TPSA) is 0 Å². The van der Waals surface area contributed by atoms with Gasteiger partial charge >= 0.3 is 6.18 Å². The Labute approximate surface area is 77.6 Å². The first kappa shape index (κ1) is 10.3. The maximum atomic E-state index is 11.8. The summed E-state index contributed by atoms with van der Waals surface area (Å²) < 4.78 is 35.3. The molecule has 0 N–H and O–H groups in total. The van der Waals surface area contributed by atoms with Gasteiger partial charge in [0.2, 0.25) is 0 Å². The molecule has 0 saturated heterocycles. The van der Waals surface area contributed by atoms with E-state index in [2.05, 4.69) is 0 Å². The molecule has 1 aromatic rings. The van der Waals surface area contributed by atoms with E-state index >= 15 is 0 Å². The SMILES string of the molecule is FC(F)(F)CC[SiH2]c1ccccc1. The van der Waals surface area contributed by atoms with Gasteiger partial charge < -0.3 is 0 Å². The van der Waals surface area contributed by atoms with Crippen molar-refractivity contribution in [2.75, 3.05) is 0 Å². The maximum Gasteiger partial charge on any atom is 0.388 e. The first-order chi connectivity index (χ1) is 6.08. The highest BCUT2D eigenvalue weighted by molar-refractivity contribution is 6.53. The van der Waals surface area contributed by atoms with Crippen LogP contribution in [-0.2, 0) is 0 Å². The van der Waals surface area contributed by atoms with Crippen LogP contribution in [0.2, 0.25) is 6.04 Å². The van der Waals surface area contributed by atoms with Crippen molar-refractivity contribution in [1.82, 2.24) is 0 Å². The van der Waals surface area contributed by atoms with Gasteiger partial charge in [0.1, 0.15) is 0 Å². The van der Waals surface area contributed by atoms with E-state index in [-0.39, 0.29) is 0 Å². The second-order valence-corrected chi connectivity index (χ2v) is 4.98. The molecule has 1 rings (SSSR count). The van der Waals surface area contributed by atoms with Gasteiger partial charge in [-0.05, 0) is 0 Å². The zero-order valence-electron chi connectivity index (χ0n) is 7.14. The predicted molar refractivity (Wildman–Crippen MR) is 50.1 cm³/mol. The van der Waals surface area contributed by atoms with Crippen molar-refractivity contribution in [2.45, 2.75) is 18.6 Å². The minimum Gasteiger partial charge on any atom is -0.171 e. The summed E-state index contributed by atoms with van der Waals surface area (Å²) in [5.41, 5.74) is 0. The Morgan fingerprint density at radius 3 is 2.23 bits per heavy atom.